The van der Waals surface area contributed by atoms with Crippen LogP contribution in [-0.4, -0.2) is 12.0 Å². The van der Waals surface area contributed by atoms with Gasteiger partial charge in [-0.1, -0.05) is 13.0 Å². The van der Waals surface area contributed by atoms with Crippen molar-refractivity contribution in [1.29, 1.82) is 0 Å². The minimum atomic E-state index is 0.00862. The molecule has 0 N–H and O–H groups in total. The van der Waals surface area contributed by atoms with Crippen molar-refractivity contribution >= 4 is 12.0 Å². The minimum absolute atomic E-state index is 0.00862. The third-order valence-corrected chi connectivity index (χ3v) is 2.79. The second-order valence-electron chi connectivity index (χ2n) is 3.88. The Labute approximate surface area is 91.8 Å². The third-order valence-electron chi connectivity index (χ3n) is 2.79. The lowest BCUT2D eigenvalue weighted by atomic mass is 9.97. The predicted octanol–water partition coefficient (Wildman–Crippen LogP) is 3.30. The molecule has 0 aromatic heterocycles. The summed E-state index contributed by atoms with van der Waals surface area (Å²) in [7, 11) is 0. The van der Waals surface area contributed by atoms with Crippen LogP contribution in [0.4, 0.5) is 0 Å². The fourth-order valence-electron chi connectivity index (χ4n) is 1.78. The Hall–Kier alpha value is -1.18. The molecular formula is C13H19NO. The van der Waals surface area contributed by atoms with Crippen LogP contribution in [0.2, 0.25) is 0 Å². The molecule has 0 aliphatic carbocycles. The summed E-state index contributed by atoms with van der Waals surface area (Å²) < 4.78 is 0. The summed E-state index contributed by atoms with van der Waals surface area (Å²) in [6, 6.07) is 0. The largest absolute Gasteiger partial charge is 0.299 e. The molecule has 0 saturated carbocycles. The van der Waals surface area contributed by atoms with Crippen LogP contribution < -0.4 is 0 Å². The number of carbonyl (C=O) groups excluding carboxylic acids is 1. The van der Waals surface area contributed by atoms with Gasteiger partial charge >= 0.3 is 0 Å². The van der Waals surface area contributed by atoms with Crippen molar-refractivity contribution in [3.63, 3.8) is 0 Å². The summed E-state index contributed by atoms with van der Waals surface area (Å²) in [5.74, 6) is 0.227. The van der Waals surface area contributed by atoms with Gasteiger partial charge in [-0.25, -0.2) is 0 Å². The zero-order chi connectivity index (χ0) is 11.3. The molecule has 2 heteroatoms. The maximum atomic E-state index is 11.3. The second-order valence-corrected chi connectivity index (χ2v) is 3.88. The smallest absolute Gasteiger partial charge is 0.138 e. The number of hydrogen-bond acceptors (Lipinski definition) is 2. The zero-order valence-corrected chi connectivity index (χ0v) is 9.79. The molecule has 0 spiro atoms. The van der Waals surface area contributed by atoms with Gasteiger partial charge in [0.15, 0.2) is 0 Å². The van der Waals surface area contributed by atoms with E-state index in [0.29, 0.717) is 0 Å². The van der Waals surface area contributed by atoms with Crippen molar-refractivity contribution < 1.29 is 4.79 Å². The molecule has 1 aliphatic heterocycles. The first-order valence-electron chi connectivity index (χ1n) is 5.58. The van der Waals surface area contributed by atoms with E-state index in [0.717, 1.165) is 25.0 Å². The molecule has 2 nitrogen and oxygen atoms in total. The normalized spacial score (nSPS) is 22.2. The number of carbonyl (C=O) groups is 1. The number of allylic oxidation sites excluding steroid dienone is 3. The molecule has 1 rings (SSSR count). The average molecular weight is 205 g/mol. The van der Waals surface area contributed by atoms with Crippen LogP contribution in [0.25, 0.3) is 0 Å². The summed E-state index contributed by atoms with van der Waals surface area (Å²) >= 11 is 0. The van der Waals surface area contributed by atoms with Gasteiger partial charge in [0.1, 0.15) is 5.78 Å². The summed E-state index contributed by atoms with van der Waals surface area (Å²) in [5, 5.41) is 0. The first-order chi connectivity index (χ1) is 7.19. The Balaban J connectivity index is 2.90. The van der Waals surface area contributed by atoms with Crippen LogP contribution in [0.15, 0.2) is 28.4 Å². The van der Waals surface area contributed by atoms with Crippen molar-refractivity contribution in [2.75, 3.05) is 0 Å². The first kappa shape index (κ1) is 11.9. The predicted molar refractivity (Wildman–Crippen MR) is 64.0 cm³/mol. The number of hydrogen-bond donors (Lipinski definition) is 0. The lowest BCUT2D eigenvalue weighted by molar-refractivity contribution is -0.118. The minimum Gasteiger partial charge on any atom is -0.299 e. The Morgan fingerprint density at radius 1 is 1.67 bits per heavy atom. The van der Waals surface area contributed by atoms with Gasteiger partial charge < -0.3 is 0 Å². The third kappa shape index (κ3) is 3.15. The highest BCUT2D eigenvalue weighted by molar-refractivity contribution is 5.93. The molecule has 1 atom stereocenters. The Morgan fingerprint density at radius 3 is 2.93 bits per heavy atom. The van der Waals surface area contributed by atoms with Gasteiger partial charge in [-0.2, -0.15) is 0 Å². The maximum absolute atomic E-state index is 11.3. The Morgan fingerprint density at radius 2 is 2.40 bits per heavy atom. The number of rotatable bonds is 3. The van der Waals surface area contributed by atoms with E-state index < -0.39 is 0 Å². The SMILES string of the molecule is C/C=C\C1=C(CC)CCC(C(C)=O)C=N1. The Bertz CT molecular complexity index is 323. The van der Waals surface area contributed by atoms with Crippen molar-refractivity contribution in [1.82, 2.24) is 0 Å². The standard InChI is InChI=1S/C13H19NO/c1-4-6-13-11(5-2)7-8-12(9-14-13)10(3)15/h4,6,9,12H,5,7-8H2,1-3H3/b6-4-. The fourth-order valence-corrected chi connectivity index (χ4v) is 1.78. The van der Waals surface area contributed by atoms with E-state index in [1.165, 1.54) is 5.57 Å². The molecular weight excluding hydrogens is 186 g/mol. The fraction of sp³-hybridized carbons (Fsp3) is 0.538. The van der Waals surface area contributed by atoms with E-state index in [1.807, 2.05) is 19.1 Å². The van der Waals surface area contributed by atoms with Crippen molar-refractivity contribution in [2.24, 2.45) is 10.9 Å². The molecule has 15 heavy (non-hydrogen) atoms. The zero-order valence-electron chi connectivity index (χ0n) is 9.79. The number of aliphatic imine (C=N–C) groups is 1. The van der Waals surface area contributed by atoms with E-state index in [2.05, 4.69) is 11.9 Å². The van der Waals surface area contributed by atoms with Crippen molar-refractivity contribution in [3.8, 4) is 0 Å². The summed E-state index contributed by atoms with van der Waals surface area (Å²) in [5.41, 5.74) is 2.40. The van der Waals surface area contributed by atoms with Crippen molar-refractivity contribution in [2.45, 2.75) is 40.0 Å². The van der Waals surface area contributed by atoms with Crippen LogP contribution in [0, 0.1) is 5.92 Å². The number of nitrogens with zero attached hydrogens (tertiary/aromatic N) is 1. The van der Waals surface area contributed by atoms with Crippen molar-refractivity contribution in [3.05, 3.63) is 23.4 Å². The molecule has 0 aromatic rings. The number of ketones is 1. The molecule has 0 saturated heterocycles. The molecule has 0 fully saturated rings. The summed E-state index contributed by atoms with van der Waals surface area (Å²) in [6.07, 6.45) is 8.74. The lowest BCUT2D eigenvalue weighted by Crippen LogP contribution is -2.11. The van der Waals surface area contributed by atoms with E-state index in [-0.39, 0.29) is 11.7 Å². The van der Waals surface area contributed by atoms with Gasteiger partial charge in [0.2, 0.25) is 0 Å². The van der Waals surface area contributed by atoms with Gasteiger partial charge in [0.05, 0.1) is 11.6 Å². The van der Waals surface area contributed by atoms with Crippen LogP contribution in [0.5, 0.6) is 0 Å². The highest BCUT2D eigenvalue weighted by atomic mass is 16.1. The Kier molecular flexibility index (Phi) is 4.47. The number of Topliss-reactive ketones (excluding diaryl/α,β-unsaturated/α-hetero) is 1. The second kappa shape index (κ2) is 5.64. The molecule has 0 amide bonds. The molecule has 1 heterocycles. The van der Waals surface area contributed by atoms with Crippen LogP contribution in [-0.2, 0) is 4.79 Å². The van der Waals surface area contributed by atoms with Gasteiger partial charge in [-0.15, -0.1) is 0 Å². The average Bonchev–Trinajstić information content (AvgIpc) is 2.41. The first-order valence-corrected chi connectivity index (χ1v) is 5.58. The molecule has 1 aliphatic rings. The molecule has 1 unspecified atom stereocenters. The quantitative estimate of drug-likeness (QED) is 0.695. The monoisotopic (exact) mass is 205 g/mol. The van der Waals surface area contributed by atoms with E-state index in [1.54, 1.807) is 13.1 Å². The summed E-state index contributed by atoms with van der Waals surface area (Å²) in [4.78, 5) is 15.7. The van der Waals surface area contributed by atoms with Gasteiger partial charge in [-0.3, -0.25) is 9.79 Å². The highest BCUT2D eigenvalue weighted by Gasteiger charge is 2.16. The molecule has 82 valence electrons. The van der Waals surface area contributed by atoms with Crippen LogP contribution in [0.1, 0.15) is 40.0 Å². The lowest BCUT2D eigenvalue weighted by Gasteiger charge is -2.06. The summed E-state index contributed by atoms with van der Waals surface area (Å²) in [6.45, 7) is 5.77. The maximum Gasteiger partial charge on any atom is 0.138 e. The van der Waals surface area contributed by atoms with Gasteiger partial charge in [0, 0.05) is 6.21 Å². The van der Waals surface area contributed by atoms with Gasteiger partial charge in [0.25, 0.3) is 0 Å². The highest BCUT2D eigenvalue weighted by Crippen LogP contribution is 2.23. The van der Waals surface area contributed by atoms with E-state index in [4.69, 9.17) is 0 Å². The topological polar surface area (TPSA) is 29.4 Å². The van der Waals surface area contributed by atoms with E-state index >= 15 is 0 Å². The van der Waals surface area contributed by atoms with E-state index in [9.17, 15) is 4.79 Å². The molecule has 0 aromatic carbocycles. The molecule has 0 radical (unpaired) electrons. The van der Waals surface area contributed by atoms with Crippen LogP contribution in [0.3, 0.4) is 0 Å². The van der Waals surface area contributed by atoms with Crippen LogP contribution >= 0.6 is 0 Å². The van der Waals surface area contributed by atoms with Gasteiger partial charge in [-0.05, 0) is 44.8 Å². The molecule has 0 bridgehead atoms.